The highest BCUT2D eigenvalue weighted by molar-refractivity contribution is 7.97. The number of hydrogen-bond donors (Lipinski definition) is 0. The van der Waals surface area contributed by atoms with Crippen LogP contribution in [0.5, 0.6) is 0 Å². The monoisotopic (exact) mass is 306 g/mol. The summed E-state index contributed by atoms with van der Waals surface area (Å²) in [7, 11) is 0. The summed E-state index contributed by atoms with van der Waals surface area (Å²) >= 11 is 1.45. The van der Waals surface area contributed by atoms with Gasteiger partial charge in [-0.1, -0.05) is 0 Å². The molecule has 2 fully saturated rings. The van der Waals surface area contributed by atoms with E-state index in [4.69, 9.17) is 10.00 Å². The van der Waals surface area contributed by atoms with Crippen molar-refractivity contribution in [1.82, 2.24) is 4.31 Å². The van der Waals surface area contributed by atoms with Gasteiger partial charge in [0.2, 0.25) is 0 Å². The summed E-state index contributed by atoms with van der Waals surface area (Å²) in [5.74, 6) is -0.213. The second kappa shape index (κ2) is 5.76. The van der Waals surface area contributed by atoms with Gasteiger partial charge in [0, 0.05) is 24.4 Å². The molecule has 0 amide bonds. The minimum absolute atomic E-state index is 0.180. The highest BCUT2D eigenvalue weighted by Gasteiger charge is 2.42. The molecule has 110 valence electrons. The molecule has 0 saturated carbocycles. The van der Waals surface area contributed by atoms with Crippen LogP contribution in [0.1, 0.15) is 24.8 Å². The predicted molar refractivity (Wildman–Crippen MR) is 76.1 cm³/mol. The number of carbonyl (C=O) groups is 1. The summed E-state index contributed by atoms with van der Waals surface area (Å²) in [6, 6.07) is 6.31. The molecule has 0 aliphatic carbocycles. The van der Waals surface area contributed by atoms with Gasteiger partial charge < -0.3 is 4.74 Å². The summed E-state index contributed by atoms with van der Waals surface area (Å²) in [5, 5.41) is 8.87. The van der Waals surface area contributed by atoms with Gasteiger partial charge in [0.05, 0.1) is 17.2 Å². The zero-order valence-corrected chi connectivity index (χ0v) is 12.3. The maximum absolute atomic E-state index is 13.4. The number of halogens is 1. The van der Waals surface area contributed by atoms with Gasteiger partial charge in [-0.05, 0) is 43.0 Å². The number of Topliss-reactive ketones (excluding diaryl/α,β-unsaturated/α-hetero) is 1. The molecule has 2 aliphatic rings. The number of nitriles is 1. The van der Waals surface area contributed by atoms with Gasteiger partial charge in [0.1, 0.15) is 12.4 Å². The first-order chi connectivity index (χ1) is 10.1. The molecular weight excluding hydrogens is 291 g/mol. The number of ether oxygens (including phenoxy) is 1. The van der Waals surface area contributed by atoms with Crippen molar-refractivity contribution in [2.45, 2.75) is 29.8 Å². The third kappa shape index (κ3) is 3.26. The molecule has 0 atom stereocenters. The Balaban J connectivity index is 1.62. The molecule has 0 N–H and O–H groups in total. The first-order valence-electron chi connectivity index (χ1n) is 6.88. The fourth-order valence-electron chi connectivity index (χ4n) is 2.83. The van der Waals surface area contributed by atoms with E-state index >= 15 is 0 Å². The molecule has 1 aromatic rings. The minimum Gasteiger partial charge on any atom is -0.367 e. The third-order valence-electron chi connectivity index (χ3n) is 3.93. The molecule has 0 radical (unpaired) electrons. The largest absolute Gasteiger partial charge is 0.367 e. The summed E-state index contributed by atoms with van der Waals surface area (Å²) in [5.41, 5.74) is 0.0594. The fraction of sp³-hybridized carbons (Fsp3) is 0.467. The van der Waals surface area contributed by atoms with E-state index in [9.17, 15) is 9.18 Å². The second-order valence-electron chi connectivity index (χ2n) is 5.49. The summed E-state index contributed by atoms with van der Waals surface area (Å²) in [6.07, 6.45) is 2.14. The van der Waals surface area contributed by atoms with Gasteiger partial charge in [-0.2, -0.15) is 5.26 Å². The van der Waals surface area contributed by atoms with Gasteiger partial charge in [0.15, 0.2) is 5.78 Å². The second-order valence-corrected chi connectivity index (χ2v) is 6.67. The Bertz CT molecular complexity index is 606. The Kier molecular flexibility index (Phi) is 3.98. The molecule has 0 unspecified atom stereocenters. The van der Waals surface area contributed by atoms with Crippen molar-refractivity contribution < 1.29 is 13.9 Å². The van der Waals surface area contributed by atoms with Crippen LogP contribution in [0.4, 0.5) is 4.39 Å². The Hall–Kier alpha value is -1.42. The van der Waals surface area contributed by atoms with Crippen LogP contribution in [0, 0.1) is 17.1 Å². The van der Waals surface area contributed by atoms with Crippen molar-refractivity contribution in [3.8, 4) is 6.07 Å². The Morgan fingerprint density at radius 1 is 1.33 bits per heavy atom. The van der Waals surface area contributed by atoms with Crippen LogP contribution in [-0.2, 0) is 9.53 Å². The van der Waals surface area contributed by atoms with E-state index in [1.165, 1.54) is 24.1 Å². The summed E-state index contributed by atoms with van der Waals surface area (Å²) < 4.78 is 21.2. The number of benzene rings is 1. The molecule has 0 aromatic heterocycles. The van der Waals surface area contributed by atoms with Crippen LogP contribution in [-0.4, -0.2) is 35.4 Å². The van der Waals surface area contributed by atoms with Gasteiger partial charge in [0.25, 0.3) is 0 Å². The number of rotatable bonds is 2. The Morgan fingerprint density at radius 3 is 2.71 bits per heavy atom. The molecule has 21 heavy (non-hydrogen) atoms. The molecule has 1 aromatic carbocycles. The van der Waals surface area contributed by atoms with Crippen molar-refractivity contribution >= 4 is 17.7 Å². The van der Waals surface area contributed by atoms with Gasteiger partial charge in [-0.25, -0.2) is 8.70 Å². The summed E-state index contributed by atoms with van der Waals surface area (Å²) in [6.45, 7) is 1.81. The van der Waals surface area contributed by atoms with Gasteiger partial charge in [-0.15, -0.1) is 0 Å². The molecule has 0 bridgehead atoms. The highest BCUT2D eigenvalue weighted by atomic mass is 32.2. The lowest BCUT2D eigenvalue weighted by molar-refractivity contribution is -0.117. The standard InChI is InChI=1S/C15H15FN2O2S/c16-12-5-11(9-17)6-14(7-12)21-18-3-1-15(2-4-18)8-13(19)10-20-15/h5-7H,1-4,8,10H2. The third-order valence-corrected chi connectivity index (χ3v) is 5.00. The maximum atomic E-state index is 13.4. The van der Waals surface area contributed by atoms with Crippen LogP contribution >= 0.6 is 11.9 Å². The average molecular weight is 306 g/mol. The van der Waals surface area contributed by atoms with Crippen molar-refractivity contribution in [2.24, 2.45) is 0 Å². The molecule has 3 rings (SSSR count). The van der Waals surface area contributed by atoms with Crippen molar-refractivity contribution in [2.75, 3.05) is 19.7 Å². The Labute approximate surface area is 127 Å². The number of piperidine rings is 1. The summed E-state index contributed by atoms with van der Waals surface area (Å²) in [4.78, 5) is 12.1. The molecular formula is C15H15FN2O2S. The number of hydrogen-bond acceptors (Lipinski definition) is 5. The number of ketones is 1. The van der Waals surface area contributed by atoms with Crippen molar-refractivity contribution in [3.05, 3.63) is 29.6 Å². The lowest BCUT2D eigenvalue weighted by Gasteiger charge is -2.37. The first-order valence-corrected chi connectivity index (χ1v) is 7.65. The smallest absolute Gasteiger partial charge is 0.161 e. The van der Waals surface area contributed by atoms with E-state index in [-0.39, 0.29) is 18.0 Å². The Morgan fingerprint density at radius 2 is 2.10 bits per heavy atom. The van der Waals surface area contributed by atoms with Crippen LogP contribution in [0.3, 0.4) is 0 Å². The van der Waals surface area contributed by atoms with E-state index < -0.39 is 5.82 Å². The molecule has 2 saturated heterocycles. The molecule has 1 spiro atoms. The average Bonchev–Trinajstić information content (AvgIpc) is 2.82. The quantitative estimate of drug-likeness (QED) is 0.786. The predicted octanol–water partition coefficient (Wildman–Crippen LogP) is 2.53. The SMILES string of the molecule is N#Cc1cc(F)cc(SN2CCC3(CC2)CC(=O)CO3)c1. The first kappa shape index (κ1) is 14.5. The van der Waals surface area contributed by atoms with Crippen LogP contribution in [0.25, 0.3) is 0 Å². The van der Waals surface area contributed by atoms with Crippen molar-refractivity contribution in [1.29, 1.82) is 5.26 Å². The lowest BCUT2D eigenvalue weighted by atomic mass is 9.89. The van der Waals surface area contributed by atoms with E-state index in [0.717, 1.165) is 30.8 Å². The van der Waals surface area contributed by atoms with Crippen LogP contribution in [0.15, 0.2) is 23.1 Å². The van der Waals surface area contributed by atoms with Crippen LogP contribution < -0.4 is 0 Å². The van der Waals surface area contributed by atoms with E-state index in [2.05, 4.69) is 4.31 Å². The zero-order chi connectivity index (χ0) is 14.9. The number of carbonyl (C=O) groups excluding carboxylic acids is 1. The molecule has 6 heteroatoms. The van der Waals surface area contributed by atoms with Gasteiger partial charge in [-0.3, -0.25) is 4.79 Å². The lowest BCUT2D eigenvalue weighted by Crippen LogP contribution is -2.41. The molecule has 4 nitrogen and oxygen atoms in total. The highest BCUT2D eigenvalue weighted by Crippen LogP contribution is 2.37. The number of nitrogens with zero attached hydrogens (tertiary/aromatic N) is 2. The van der Waals surface area contributed by atoms with Gasteiger partial charge >= 0.3 is 0 Å². The fourth-order valence-corrected chi connectivity index (χ4v) is 3.84. The zero-order valence-electron chi connectivity index (χ0n) is 11.5. The van der Waals surface area contributed by atoms with Crippen molar-refractivity contribution in [3.63, 3.8) is 0 Å². The van der Waals surface area contributed by atoms with E-state index in [1.54, 1.807) is 6.07 Å². The van der Waals surface area contributed by atoms with E-state index in [1.807, 2.05) is 6.07 Å². The van der Waals surface area contributed by atoms with E-state index in [0.29, 0.717) is 12.0 Å². The van der Waals surface area contributed by atoms with Crippen LogP contribution in [0.2, 0.25) is 0 Å². The topological polar surface area (TPSA) is 53.3 Å². The normalized spacial score (nSPS) is 21.6. The molecule has 2 aliphatic heterocycles. The minimum atomic E-state index is -0.394. The maximum Gasteiger partial charge on any atom is 0.161 e. The molecule has 2 heterocycles.